The summed E-state index contributed by atoms with van der Waals surface area (Å²) in [4.78, 5) is 2.79. The number of fused-ring (bicyclic) bond motifs is 10. The van der Waals surface area contributed by atoms with Gasteiger partial charge in [-0.2, -0.15) is 0 Å². The van der Waals surface area contributed by atoms with Gasteiger partial charge in [0.25, 0.3) is 0 Å². The predicted molar refractivity (Wildman–Crippen MR) is 256 cm³/mol. The van der Waals surface area contributed by atoms with Crippen molar-refractivity contribution in [3.05, 3.63) is 132 Å². The molecule has 288 valence electrons. The molecule has 0 atom stereocenters. The monoisotopic (exact) mass is 772 g/mol. The second-order valence-electron chi connectivity index (χ2n) is 15.9. The molecule has 0 heterocycles. The number of hydrogen-bond donors (Lipinski definition) is 0. The molecule has 0 N–H and O–H groups in total. The second-order valence-corrected chi connectivity index (χ2v) is 18.2. The van der Waals surface area contributed by atoms with Crippen molar-refractivity contribution in [1.82, 2.24) is 0 Å². The summed E-state index contributed by atoms with van der Waals surface area (Å²) in [7, 11) is 0. The average Bonchev–Trinajstić information content (AvgIpc) is 3.22. The van der Waals surface area contributed by atoms with Gasteiger partial charge in [-0.15, -0.1) is 23.5 Å². The van der Waals surface area contributed by atoms with Crippen molar-refractivity contribution in [3.8, 4) is 0 Å². The Bertz CT molecular complexity index is 2540. The van der Waals surface area contributed by atoms with Gasteiger partial charge in [0.15, 0.2) is 0 Å². The molecule has 56 heavy (non-hydrogen) atoms. The first-order valence-corrected chi connectivity index (χ1v) is 23.5. The highest BCUT2D eigenvalue weighted by Crippen LogP contribution is 2.36. The first-order chi connectivity index (χ1) is 27.5. The third kappa shape index (κ3) is 9.93. The Hall–Kier alpha value is -3.98. The van der Waals surface area contributed by atoms with Crippen molar-refractivity contribution in [1.29, 1.82) is 0 Å². The topological polar surface area (TPSA) is 0 Å². The van der Waals surface area contributed by atoms with Gasteiger partial charge in [-0.05, 0) is 127 Å². The lowest BCUT2D eigenvalue weighted by molar-refractivity contribution is 0.563. The number of unbranched alkanes of at least 4 members (excludes halogenated alkanes) is 10. The molecule has 0 aliphatic heterocycles. The van der Waals surface area contributed by atoms with E-state index in [1.54, 1.807) is 0 Å². The van der Waals surface area contributed by atoms with Crippen LogP contribution < -0.4 is 0 Å². The Labute approximate surface area is 344 Å². The lowest BCUT2D eigenvalue weighted by Crippen LogP contribution is -1.85. The molecule has 0 saturated heterocycles. The Morgan fingerprint density at radius 2 is 0.625 bits per heavy atom. The maximum atomic E-state index is 2.42. The first kappa shape index (κ1) is 40.2. The summed E-state index contributed by atoms with van der Waals surface area (Å²) in [5.41, 5.74) is 2.64. The number of thioether (sulfide) groups is 2. The zero-order valence-electron chi connectivity index (χ0n) is 34.3. The molecule has 0 radical (unpaired) electrons. The van der Waals surface area contributed by atoms with Gasteiger partial charge in [0.1, 0.15) is 0 Å². The van der Waals surface area contributed by atoms with Crippen LogP contribution in [0, 0.1) is 13.8 Å². The summed E-state index contributed by atoms with van der Waals surface area (Å²) in [5, 5.41) is 16.3. The smallest absolute Gasteiger partial charge is 0.00785 e. The molecule has 0 aromatic heterocycles. The van der Waals surface area contributed by atoms with Crippen LogP contribution in [0.3, 0.4) is 0 Å². The molecule has 0 spiro atoms. The second kappa shape index (κ2) is 19.9. The maximum Gasteiger partial charge on any atom is 0.00785 e. The van der Waals surface area contributed by atoms with E-state index in [0.717, 1.165) is 0 Å². The van der Waals surface area contributed by atoms with Crippen LogP contribution >= 0.6 is 23.5 Å². The molecular formula is C54H60S2. The fraction of sp³-hybridized carbons (Fsp3) is 0.333. The minimum absolute atomic E-state index is 1.20. The zero-order valence-corrected chi connectivity index (χ0v) is 35.9. The van der Waals surface area contributed by atoms with Crippen molar-refractivity contribution in [2.24, 2.45) is 0 Å². The molecule has 0 amide bonds. The number of benzene rings is 8. The summed E-state index contributed by atoms with van der Waals surface area (Å²) < 4.78 is 0. The summed E-state index contributed by atoms with van der Waals surface area (Å²) in [6, 6.07) is 45.7. The maximum absolute atomic E-state index is 2.42. The van der Waals surface area contributed by atoms with Crippen molar-refractivity contribution in [2.45, 2.75) is 115 Å². The van der Waals surface area contributed by atoms with E-state index < -0.39 is 0 Å². The lowest BCUT2D eigenvalue weighted by Gasteiger charge is -2.10. The van der Waals surface area contributed by atoms with Crippen LogP contribution in [0.1, 0.15) is 102 Å². The van der Waals surface area contributed by atoms with Gasteiger partial charge in [-0.1, -0.05) is 186 Å². The van der Waals surface area contributed by atoms with Gasteiger partial charge in [-0.3, -0.25) is 0 Å². The lowest BCUT2D eigenvalue weighted by atomic mass is 9.96. The van der Waals surface area contributed by atoms with E-state index in [-0.39, 0.29) is 0 Å². The van der Waals surface area contributed by atoms with Crippen molar-refractivity contribution >= 4 is 88.2 Å². The van der Waals surface area contributed by atoms with E-state index in [0.29, 0.717) is 0 Å². The Kier molecular flexibility index (Phi) is 14.3. The molecule has 0 aliphatic rings. The van der Waals surface area contributed by atoms with Crippen molar-refractivity contribution in [2.75, 3.05) is 11.5 Å². The standard InChI is InChI=1S/C31H38S.C23H22S/c1-3-4-5-6-7-8-9-10-11-12-21-32-27-18-15-26-17-19-28-29(31(26)23-27)20-16-25-14-13-24(2)22-30(25)28;1-3-4-13-24-19-10-7-18-9-11-20-21(23(18)15-19)12-8-17-6-5-16(2)14-22(17)20/h13-20,22-23H,3-12,21H2,1-2H3;5-12,14-15H,3-4,13H2,1-2H3. The SMILES string of the molecule is CCCCCCCCCCCCSc1ccc2ccc3c4cc(C)ccc4ccc3c2c1.CCCCSc1ccc2ccc3c4cc(C)ccc4ccc3c2c1. The zero-order chi connectivity index (χ0) is 38.7. The Balaban J connectivity index is 0.000000178. The largest absolute Gasteiger partial charge is 0.126 e. The van der Waals surface area contributed by atoms with Gasteiger partial charge < -0.3 is 0 Å². The molecule has 0 unspecified atom stereocenters. The van der Waals surface area contributed by atoms with E-state index in [4.69, 9.17) is 0 Å². The van der Waals surface area contributed by atoms with Gasteiger partial charge in [0.2, 0.25) is 0 Å². The summed E-state index contributed by atoms with van der Waals surface area (Å²) in [6.07, 6.45) is 16.6. The van der Waals surface area contributed by atoms with E-state index >= 15 is 0 Å². The highest BCUT2D eigenvalue weighted by molar-refractivity contribution is 7.99. The third-order valence-corrected chi connectivity index (χ3v) is 13.6. The molecule has 2 heteroatoms. The summed E-state index contributed by atoms with van der Waals surface area (Å²) in [5.74, 6) is 2.43. The van der Waals surface area contributed by atoms with Gasteiger partial charge in [0, 0.05) is 9.79 Å². The number of rotatable bonds is 16. The average molecular weight is 773 g/mol. The Morgan fingerprint density at radius 1 is 0.304 bits per heavy atom. The van der Waals surface area contributed by atoms with Crippen molar-refractivity contribution in [3.63, 3.8) is 0 Å². The van der Waals surface area contributed by atoms with Crippen LogP contribution in [0.15, 0.2) is 131 Å². The summed E-state index contributed by atoms with van der Waals surface area (Å²) >= 11 is 4.00. The normalized spacial score (nSPS) is 11.6. The minimum atomic E-state index is 1.20. The van der Waals surface area contributed by atoms with Crippen LogP contribution in [0.5, 0.6) is 0 Å². The van der Waals surface area contributed by atoms with Crippen LogP contribution in [-0.2, 0) is 0 Å². The van der Waals surface area contributed by atoms with E-state index in [1.807, 2.05) is 23.5 Å². The third-order valence-electron chi connectivity index (χ3n) is 11.5. The first-order valence-electron chi connectivity index (χ1n) is 21.5. The van der Waals surface area contributed by atoms with Gasteiger partial charge in [0.05, 0.1) is 0 Å². The van der Waals surface area contributed by atoms with Gasteiger partial charge in [-0.25, -0.2) is 0 Å². The van der Waals surface area contributed by atoms with E-state index in [9.17, 15) is 0 Å². The van der Waals surface area contributed by atoms with Crippen molar-refractivity contribution < 1.29 is 0 Å². The molecule has 0 bridgehead atoms. The molecular weight excluding hydrogens is 713 g/mol. The van der Waals surface area contributed by atoms with Crippen LogP contribution in [-0.4, -0.2) is 11.5 Å². The van der Waals surface area contributed by atoms with Gasteiger partial charge >= 0.3 is 0 Å². The van der Waals surface area contributed by atoms with E-state index in [1.165, 1.54) is 174 Å². The predicted octanol–water partition coefficient (Wildman–Crippen LogP) is 17.8. The molecule has 8 aromatic carbocycles. The molecule has 0 aliphatic carbocycles. The number of hydrogen-bond acceptors (Lipinski definition) is 2. The Morgan fingerprint density at radius 3 is 1.04 bits per heavy atom. The number of aryl methyl sites for hydroxylation is 2. The fourth-order valence-corrected chi connectivity index (χ4v) is 10.2. The fourth-order valence-electron chi connectivity index (χ4n) is 8.21. The quantitative estimate of drug-likeness (QED) is 0.0545. The molecule has 0 fully saturated rings. The minimum Gasteiger partial charge on any atom is -0.126 e. The highest BCUT2D eigenvalue weighted by atomic mass is 32.2. The highest BCUT2D eigenvalue weighted by Gasteiger charge is 2.08. The summed E-state index contributed by atoms with van der Waals surface area (Å²) in [6.45, 7) is 8.89. The van der Waals surface area contributed by atoms with Crippen LogP contribution in [0.25, 0.3) is 64.6 Å². The van der Waals surface area contributed by atoms with Crippen LogP contribution in [0.2, 0.25) is 0 Å². The van der Waals surface area contributed by atoms with Crippen LogP contribution in [0.4, 0.5) is 0 Å². The molecule has 0 nitrogen and oxygen atoms in total. The molecule has 8 rings (SSSR count). The molecule has 0 saturated carbocycles. The van der Waals surface area contributed by atoms with E-state index in [2.05, 4.69) is 149 Å². The molecule has 8 aromatic rings.